The summed E-state index contributed by atoms with van der Waals surface area (Å²) in [5.74, 6) is 0.706. The van der Waals surface area contributed by atoms with E-state index in [0.29, 0.717) is 5.92 Å². The molecule has 1 aromatic carbocycles. The van der Waals surface area contributed by atoms with Crippen LogP contribution in [0, 0.1) is 0 Å². The minimum Gasteiger partial charge on any atom is -0.321 e. The Labute approximate surface area is 117 Å². The molecule has 1 saturated carbocycles. The van der Waals surface area contributed by atoms with Gasteiger partial charge in [-0.2, -0.15) is 0 Å². The van der Waals surface area contributed by atoms with Crippen molar-refractivity contribution < 1.29 is 0 Å². The Hall–Kier alpha value is -0.860. The van der Waals surface area contributed by atoms with Crippen molar-refractivity contribution in [2.45, 2.75) is 50.0 Å². The van der Waals surface area contributed by atoms with Crippen molar-refractivity contribution in [3.8, 4) is 0 Å². The predicted molar refractivity (Wildman–Crippen MR) is 80.2 cm³/mol. The van der Waals surface area contributed by atoms with Crippen LogP contribution >= 0.6 is 0 Å². The Balaban J connectivity index is 1.83. The molecule has 1 aliphatic carbocycles. The Morgan fingerprint density at radius 2 is 2.00 bits per heavy atom. The lowest BCUT2D eigenvalue weighted by Crippen LogP contribution is -2.38. The minimum atomic E-state index is -0.0568. The molecule has 2 N–H and O–H groups in total. The third-order valence-corrected chi connectivity index (χ3v) is 5.07. The van der Waals surface area contributed by atoms with E-state index in [-0.39, 0.29) is 5.54 Å². The normalized spacial score (nSPS) is 27.6. The van der Waals surface area contributed by atoms with Crippen molar-refractivity contribution in [2.75, 3.05) is 20.1 Å². The number of likely N-dealkylation sites (N-methyl/N-ethyl adjacent to an activating group) is 1. The molecule has 1 saturated heterocycles. The maximum absolute atomic E-state index is 6.66. The van der Waals surface area contributed by atoms with E-state index in [1.54, 1.807) is 0 Å². The number of likely N-dealkylation sites (tertiary alicyclic amines) is 1. The molecule has 2 aliphatic rings. The molecule has 0 spiro atoms. The van der Waals surface area contributed by atoms with Gasteiger partial charge in [0.25, 0.3) is 0 Å². The van der Waals surface area contributed by atoms with Crippen molar-refractivity contribution in [2.24, 2.45) is 5.73 Å². The SMILES string of the molecule is CN1CCC(c2cccc(C3(N)CCCCC3)c2)C1. The molecule has 1 atom stereocenters. The zero-order chi connectivity index (χ0) is 13.3. The number of benzene rings is 1. The van der Waals surface area contributed by atoms with Gasteiger partial charge in [-0.15, -0.1) is 0 Å². The second kappa shape index (κ2) is 5.26. The summed E-state index contributed by atoms with van der Waals surface area (Å²) in [4.78, 5) is 2.43. The highest BCUT2D eigenvalue weighted by atomic mass is 15.1. The van der Waals surface area contributed by atoms with Gasteiger partial charge >= 0.3 is 0 Å². The van der Waals surface area contributed by atoms with E-state index >= 15 is 0 Å². The van der Waals surface area contributed by atoms with Gasteiger partial charge in [0.05, 0.1) is 0 Å². The Bertz CT molecular complexity index is 435. The molecule has 2 fully saturated rings. The van der Waals surface area contributed by atoms with Crippen molar-refractivity contribution in [1.29, 1.82) is 0 Å². The molecule has 1 aromatic rings. The fraction of sp³-hybridized carbons (Fsp3) is 0.647. The second-order valence-corrected chi connectivity index (χ2v) is 6.59. The van der Waals surface area contributed by atoms with Gasteiger partial charge in [0.2, 0.25) is 0 Å². The molecule has 3 rings (SSSR count). The van der Waals surface area contributed by atoms with Crippen LogP contribution in [0.1, 0.15) is 55.6 Å². The first kappa shape index (κ1) is 13.1. The standard InChI is InChI=1S/C17H26N2/c1-19-11-8-15(13-19)14-6-5-7-16(12-14)17(18)9-3-2-4-10-17/h5-7,12,15H,2-4,8-11,13,18H2,1H3. The van der Waals surface area contributed by atoms with Gasteiger partial charge in [0.1, 0.15) is 0 Å². The van der Waals surface area contributed by atoms with E-state index < -0.39 is 0 Å². The quantitative estimate of drug-likeness (QED) is 0.882. The lowest BCUT2D eigenvalue weighted by molar-refractivity contribution is 0.302. The average molecular weight is 258 g/mol. The zero-order valence-electron chi connectivity index (χ0n) is 12.1. The highest BCUT2D eigenvalue weighted by Crippen LogP contribution is 2.36. The van der Waals surface area contributed by atoms with Gasteiger partial charge in [-0.25, -0.2) is 0 Å². The lowest BCUT2D eigenvalue weighted by atomic mass is 9.76. The van der Waals surface area contributed by atoms with Crippen LogP contribution in [-0.2, 0) is 5.54 Å². The van der Waals surface area contributed by atoms with Crippen LogP contribution in [0.15, 0.2) is 24.3 Å². The summed E-state index contributed by atoms with van der Waals surface area (Å²) in [7, 11) is 2.22. The molecule has 0 bridgehead atoms. The number of nitrogens with two attached hydrogens (primary N) is 1. The average Bonchev–Trinajstić information content (AvgIpc) is 2.87. The second-order valence-electron chi connectivity index (χ2n) is 6.59. The van der Waals surface area contributed by atoms with Gasteiger partial charge in [0, 0.05) is 12.1 Å². The fourth-order valence-corrected chi connectivity index (χ4v) is 3.78. The lowest BCUT2D eigenvalue weighted by Gasteiger charge is -2.34. The van der Waals surface area contributed by atoms with E-state index in [1.807, 2.05) is 0 Å². The van der Waals surface area contributed by atoms with E-state index in [1.165, 1.54) is 49.9 Å². The summed E-state index contributed by atoms with van der Waals surface area (Å²) in [6.45, 7) is 2.42. The van der Waals surface area contributed by atoms with E-state index in [4.69, 9.17) is 5.73 Å². The van der Waals surface area contributed by atoms with Crippen molar-refractivity contribution in [3.05, 3.63) is 35.4 Å². The highest BCUT2D eigenvalue weighted by Gasteiger charge is 2.30. The monoisotopic (exact) mass is 258 g/mol. The van der Waals surface area contributed by atoms with Crippen molar-refractivity contribution in [1.82, 2.24) is 4.90 Å². The van der Waals surface area contributed by atoms with Crippen LogP contribution in [-0.4, -0.2) is 25.0 Å². The highest BCUT2D eigenvalue weighted by molar-refractivity contribution is 5.32. The molecule has 1 aliphatic heterocycles. The van der Waals surface area contributed by atoms with Crippen molar-refractivity contribution >= 4 is 0 Å². The van der Waals surface area contributed by atoms with E-state index in [9.17, 15) is 0 Å². The smallest absolute Gasteiger partial charge is 0.0409 e. The Kier molecular flexibility index (Phi) is 3.64. The molecular weight excluding hydrogens is 232 g/mol. The number of hydrogen-bond acceptors (Lipinski definition) is 2. The van der Waals surface area contributed by atoms with Gasteiger partial charge < -0.3 is 10.6 Å². The first-order chi connectivity index (χ1) is 9.17. The summed E-state index contributed by atoms with van der Waals surface area (Å²) in [5.41, 5.74) is 9.48. The fourth-order valence-electron chi connectivity index (χ4n) is 3.78. The summed E-state index contributed by atoms with van der Waals surface area (Å²) in [6.07, 6.45) is 7.52. The van der Waals surface area contributed by atoms with Crippen molar-refractivity contribution in [3.63, 3.8) is 0 Å². The summed E-state index contributed by atoms with van der Waals surface area (Å²) in [5, 5.41) is 0. The van der Waals surface area contributed by atoms with Crippen LogP contribution in [0.4, 0.5) is 0 Å². The van der Waals surface area contributed by atoms with Gasteiger partial charge in [-0.3, -0.25) is 0 Å². The van der Waals surface area contributed by atoms with Gasteiger partial charge in [-0.05, 0) is 49.9 Å². The molecule has 19 heavy (non-hydrogen) atoms. The number of rotatable bonds is 2. The first-order valence-corrected chi connectivity index (χ1v) is 7.75. The zero-order valence-corrected chi connectivity index (χ0v) is 12.1. The van der Waals surface area contributed by atoms with Crippen LogP contribution in [0.2, 0.25) is 0 Å². The third kappa shape index (κ3) is 2.70. The summed E-state index contributed by atoms with van der Waals surface area (Å²) >= 11 is 0. The molecule has 1 heterocycles. The Morgan fingerprint density at radius 1 is 1.21 bits per heavy atom. The third-order valence-electron chi connectivity index (χ3n) is 5.07. The largest absolute Gasteiger partial charge is 0.321 e. The Morgan fingerprint density at radius 3 is 2.68 bits per heavy atom. The van der Waals surface area contributed by atoms with Crippen LogP contribution < -0.4 is 5.73 Å². The van der Waals surface area contributed by atoms with E-state index in [2.05, 4.69) is 36.2 Å². The minimum absolute atomic E-state index is 0.0568. The van der Waals surface area contributed by atoms with Crippen LogP contribution in [0.5, 0.6) is 0 Å². The number of hydrogen-bond donors (Lipinski definition) is 1. The molecule has 0 radical (unpaired) electrons. The van der Waals surface area contributed by atoms with E-state index in [0.717, 1.165) is 12.8 Å². The topological polar surface area (TPSA) is 29.3 Å². The first-order valence-electron chi connectivity index (χ1n) is 7.75. The molecule has 0 aromatic heterocycles. The van der Waals surface area contributed by atoms with Gasteiger partial charge in [0.15, 0.2) is 0 Å². The molecule has 1 unspecified atom stereocenters. The molecular formula is C17H26N2. The molecule has 0 amide bonds. The maximum Gasteiger partial charge on any atom is 0.0409 e. The van der Waals surface area contributed by atoms with Gasteiger partial charge in [-0.1, -0.05) is 43.5 Å². The number of nitrogens with zero attached hydrogens (tertiary/aromatic N) is 1. The van der Waals surface area contributed by atoms with Crippen LogP contribution in [0.3, 0.4) is 0 Å². The summed E-state index contributed by atoms with van der Waals surface area (Å²) in [6, 6.07) is 9.15. The molecule has 2 heteroatoms. The molecule has 2 nitrogen and oxygen atoms in total. The molecule has 104 valence electrons. The summed E-state index contributed by atoms with van der Waals surface area (Å²) < 4.78 is 0. The van der Waals surface area contributed by atoms with Crippen LogP contribution in [0.25, 0.3) is 0 Å². The predicted octanol–water partition coefficient (Wildman–Crippen LogP) is 3.22. The maximum atomic E-state index is 6.66.